The summed E-state index contributed by atoms with van der Waals surface area (Å²) in [6.45, 7) is 1.87. The van der Waals surface area contributed by atoms with Crippen molar-refractivity contribution in [2.24, 2.45) is 0 Å². The second-order valence-electron chi connectivity index (χ2n) is 3.30. The second-order valence-corrected chi connectivity index (χ2v) is 3.74. The predicted octanol–water partition coefficient (Wildman–Crippen LogP) is 3.72. The fourth-order valence-corrected chi connectivity index (χ4v) is 1.66. The summed E-state index contributed by atoms with van der Waals surface area (Å²) >= 11 is 5.88. The van der Waals surface area contributed by atoms with Gasteiger partial charge in [-0.3, -0.25) is 4.79 Å². The Morgan fingerprint density at radius 2 is 2.07 bits per heavy atom. The van der Waals surface area contributed by atoms with Crippen LogP contribution in [-0.4, -0.2) is 6.29 Å². The average Bonchev–Trinajstić information content (AvgIpc) is 2.64. The van der Waals surface area contributed by atoms with Gasteiger partial charge in [0.05, 0.1) is 0 Å². The highest BCUT2D eigenvalue weighted by Gasteiger charge is 2.05. The molecule has 0 atom stereocenters. The summed E-state index contributed by atoms with van der Waals surface area (Å²) in [4.78, 5) is 10.7. The molecule has 2 aromatic rings. The van der Waals surface area contributed by atoms with Crippen molar-refractivity contribution < 1.29 is 9.21 Å². The Morgan fingerprint density at radius 1 is 1.27 bits per heavy atom. The number of aldehydes is 1. The van der Waals surface area contributed by atoms with Crippen molar-refractivity contribution in [3.05, 3.63) is 46.7 Å². The van der Waals surface area contributed by atoms with E-state index in [2.05, 4.69) is 0 Å². The fourth-order valence-electron chi connectivity index (χ4n) is 1.41. The first-order valence-electron chi connectivity index (χ1n) is 4.51. The molecule has 1 heterocycles. The first-order chi connectivity index (χ1) is 7.19. The van der Waals surface area contributed by atoms with Crippen LogP contribution in [0.4, 0.5) is 0 Å². The van der Waals surface area contributed by atoms with Gasteiger partial charge in [-0.2, -0.15) is 0 Å². The molecule has 76 valence electrons. The van der Waals surface area contributed by atoms with E-state index in [0.717, 1.165) is 23.4 Å². The van der Waals surface area contributed by atoms with Gasteiger partial charge in [0.1, 0.15) is 17.8 Å². The van der Waals surface area contributed by atoms with Gasteiger partial charge in [0, 0.05) is 16.1 Å². The lowest BCUT2D eigenvalue weighted by Crippen LogP contribution is -1.82. The van der Waals surface area contributed by atoms with E-state index in [4.69, 9.17) is 16.0 Å². The average molecular weight is 221 g/mol. The van der Waals surface area contributed by atoms with Crippen molar-refractivity contribution in [3.8, 4) is 11.3 Å². The summed E-state index contributed by atoms with van der Waals surface area (Å²) in [6.07, 6.45) is 0.769. The van der Waals surface area contributed by atoms with Crippen molar-refractivity contribution >= 4 is 17.9 Å². The number of benzene rings is 1. The van der Waals surface area contributed by atoms with Crippen LogP contribution in [0.15, 0.2) is 34.7 Å². The molecule has 0 radical (unpaired) electrons. The molecule has 0 aliphatic carbocycles. The molecule has 0 aliphatic rings. The summed E-state index contributed by atoms with van der Waals surface area (Å²) in [6, 6.07) is 8.87. The number of carbonyl (C=O) groups is 1. The van der Waals surface area contributed by atoms with Crippen molar-refractivity contribution in [2.45, 2.75) is 6.92 Å². The topological polar surface area (TPSA) is 30.2 Å². The highest BCUT2D eigenvalue weighted by Crippen LogP contribution is 2.25. The summed E-state index contributed by atoms with van der Waals surface area (Å²) in [5.41, 5.74) is 1.37. The van der Waals surface area contributed by atoms with Crippen LogP contribution >= 0.6 is 11.6 Å². The highest BCUT2D eigenvalue weighted by atomic mass is 35.5. The summed E-state index contributed by atoms with van der Waals surface area (Å²) in [7, 11) is 0. The number of carbonyl (C=O) groups excluding carboxylic acids is 1. The molecule has 1 aromatic heterocycles. The van der Waals surface area contributed by atoms with Crippen LogP contribution in [0, 0.1) is 6.92 Å². The molecule has 0 spiro atoms. The lowest BCUT2D eigenvalue weighted by molar-refractivity contribution is 0.112. The van der Waals surface area contributed by atoms with Crippen LogP contribution in [0.25, 0.3) is 11.3 Å². The van der Waals surface area contributed by atoms with Crippen LogP contribution in [0.2, 0.25) is 5.02 Å². The lowest BCUT2D eigenvalue weighted by Gasteiger charge is -1.99. The van der Waals surface area contributed by atoms with Gasteiger partial charge in [-0.1, -0.05) is 11.6 Å². The quantitative estimate of drug-likeness (QED) is 0.722. The Labute approximate surface area is 92.5 Å². The zero-order valence-electron chi connectivity index (χ0n) is 8.16. The van der Waals surface area contributed by atoms with Gasteiger partial charge < -0.3 is 4.42 Å². The van der Waals surface area contributed by atoms with Crippen LogP contribution in [0.3, 0.4) is 0 Å². The third kappa shape index (κ3) is 2.10. The SMILES string of the molecule is Cc1ccc(-c2cc(Cl)cc(C=O)c2)o1. The third-order valence-electron chi connectivity index (χ3n) is 2.08. The fraction of sp³-hybridized carbons (Fsp3) is 0.0833. The van der Waals surface area contributed by atoms with Gasteiger partial charge in [-0.05, 0) is 37.3 Å². The molecule has 0 amide bonds. The van der Waals surface area contributed by atoms with Crippen molar-refractivity contribution in [3.63, 3.8) is 0 Å². The molecule has 0 saturated carbocycles. The van der Waals surface area contributed by atoms with Gasteiger partial charge in [-0.25, -0.2) is 0 Å². The van der Waals surface area contributed by atoms with E-state index in [-0.39, 0.29) is 0 Å². The first kappa shape index (κ1) is 9.99. The second kappa shape index (κ2) is 3.91. The lowest BCUT2D eigenvalue weighted by atomic mass is 10.1. The van der Waals surface area contributed by atoms with Gasteiger partial charge in [-0.15, -0.1) is 0 Å². The number of aryl methyl sites for hydroxylation is 1. The zero-order valence-corrected chi connectivity index (χ0v) is 8.91. The minimum Gasteiger partial charge on any atom is -0.461 e. The molecule has 0 fully saturated rings. The number of halogens is 1. The Bertz CT molecular complexity index is 500. The molecule has 2 rings (SSSR count). The Kier molecular flexibility index (Phi) is 2.60. The van der Waals surface area contributed by atoms with E-state index < -0.39 is 0 Å². The first-order valence-corrected chi connectivity index (χ1v) is 4.89. The van der Waals surface area contributed by atoms with E-state index in [1.54, 1.807) is 18.2 Å². The minimum absolute atomic E-state index is 0.531. The van der Waals surface area contributed by atoms with Crippen LogP contribution in [-0.2, 0) is 0 Å². The number of furan rings is 1. The van der Waals surface area contributed by atoms with E-state index >= 15 is 0 Å². The van der Waals surface area contributed by atoms with Crippen LogP contribution < -0.4 is 0 Å². The molecule has 1 aromatic carbocycles. The van der Waals surface area contributed by atoms with Crippen LogP contribution in [0.1, 0.15) is 16.1 Å². The Hall–Kier alpha value is -1.54. The molecule has 0 N–H and O–H groups in total. The molecule has 0 bridgehead atoms. The number of hydrogen-bond acceptors (Lipinski definition) is 2. The van der Waals surface area contributed by atoms with Crippen molar-refractivity contribution in [1.82, 2.24) is 0 Å². The molecule has 2 nitrogen and oxygen atoms in total. The maximum Gasteiger partial charge on any atom is 0.150 e. The van der Waals surface area contributed by atoms with Gasteiger partial charge >= 0.3 is 0 Å². The third-order valence-corrected chi connectivity index (χ3v) is 2.30. The molecular weight excluding hydrogens is 212 g/mol. The molecule has 0 unspecified atom stereocenters. The van der Waals surface area contributed by atoms with Crippen LogP contribution in [0.5, 0.6) is 0 Å². The highest BCUT2D eigenvalue weighted by molar-refractivity contribution is 6.31. The molecule has 3 heteroatoms. The van der Waals surface area contributed by atoms with E-state index in [1.807, 2.05) is 19.1 Å². The maximum absolute atomic E-state index is 10.7. The van der Waals surface area contributed by atoms with E-state index in [9.17, 15) is 4.79 Å². The summed E-state index contributed by atoms with van der Waals surface area (Å²) in [5, 5.41) is 0.531. The molecule has 0 saturated heterocycles. The van der Waals surface area contributed by atoms with Gasteiger partial charge in [0.2, 0.25) is 0 Å². The standard InChI is InChI=1S/C12H9ClO2/c1-8-2-3-12(15-8)10-4-9(7-14)5-11(13)6-10/h2-7H,1H3. The number of rotatable bonds is 2. The molecule has 0 aliphatic heterocycles. The largest absolute Gasteiger partial charge is 0.461 e. The van der Waals surface area contributed by atoms with Crippen molar-refractivity contribution in [2.75, 3.05) is 0 Å². The zero-order chi connectivity index (χ0) is 10.8. The molecular formula is C12H9ClO2. The minimum atomic E-state index is 0.531. The van der Waals surface area contributed by atoms with Gasteiger partial charge in [0.15, 0.2) is 0 Å². The smallest absolute Gasteiger partial charge is 0.150 e. The van der Waals surface area contributed by atoms with Crippen molar-refractivity contribution in [1.29, 1.82) is 0 Å². The van der Waals surface area contributed by atoms with E-state index in [1.165, 1.54) is 0 Å². The summed E-state index contributed by atoms with van der Waals surface area (Å²) < 4.78 is 5.45. The normalized spacial score (nSPS) is 10.3. The monoisotopic (exact) mass is 220 g/mol. The van der Waals surface area contributed by atoms with Gasteiger partial charge in [0.25, 0.3) is 0 Å². The molecule has 15 heavy (non-hydrogen) atoms. The maximum atomic E-state index is 10.7. The summed E-state index contributed by atoms with van der Waals surface area (Å²) in [5.74, 6) is 1.55. The Balaban J connectivity index is 2.52. The Morgan fingerprint density at radius 3 is 2.67 bits per heavy atom. The number of hydrogen-bond donors (Lipinski definition) is 0. The predicted molar refractivity (Wildman–Crippen MR) is 59.3 cm³/mol. The van der Waals surface area contributed by atoms with E-state index in [0.29, 0.717) is 10.6 Å².